The highest BCUT2D eigenvalue weighted by molar-refractivity contribution is 6.32. The third-order valence-electron chi connectivity index (χ3n) is 4.04. The Morgan fingerprint density at radius 3 is 2.95 bits per heavy atom. The van der Waals surface area contributed by atoms with E-state index in [9.17, 15) is 4.79 Å². The topological polar surface area (TPSA) is 41.6 Å². The van der Waals surface area contributed by atoms with E-state index in [1.807, 2.05) is 13.0 Å². The first kappa shape index (κ1) is 16.1. The normalized spacial score (nSPS) is 18.8. The summed E-state index contributed by atoms with van der Waals surface area (Å²) in [4.78, 5) is 14.8. The molecule has 1 fully saturated rings. The van der Waals surface area contributed by atoms with Crippen LogP contribution in [0.5, 0.6) is 5.75 Å². The van der Waals surface area contributed by atoms with Gasteiger partial charge in [0.25, 0.3) is 5.91 Å². The van der Waals surface area contributed by atoms with Gasteiger partial charge in [0.15, 0.2) is 0 Å². The zero-order valence-corrected chi connectivity index (χ0v) is 13.7. The molecule has 0 aromatic heterocycles. The Balaban J connectivity index is 2.07. The minimum atomic E-state index is -0.125. The predicted octanol–water partition coefficient (Wildman–Crippen LogP) is 2.87. The molecule has 5 heteroatoms. The molecule has 0 radical (unpaired) electrons. The molecule has 1 amide bonds. The van der Waals surface area contributed by atoms with E-state index in [0.29, 0.717) is 28.9 Å². The van der Waals surface area contributed by atoms with E-state index in [1.165, 1.54) is 13.5 Å². The van der Waals surface area contributed by atoms with Crippen LogP contribution in [-0.4, -0.2) is 43.6 Å². The van der Waals surface area contributed by atoms with Crippen LogP contribution in [0.3, 0.4) is 0 Å². The summed E-state index contributed by atoms with van der Waals surface area (Å²) in [7, 11) is 1.53. The van der Waals surface area contributed by atoms with Crippen molar-refractivity contribution >= 4 is 17.5 Å². The SMILES string of the molecule is CCN1CCCC1CNC(=O)c1cc(C)cc(Cl)c1OC. The smallest absolute Gasteiger partial charge is 0.255 e. The zero-order valence-electron chi connectivity index (χ0n) is 12.9. The Hall–Kier alpha value is -1.26. The van der Waals surface area contributed by atoms with Crippen molar-refractivity contribution in [1.29, 1.82) is 0 Å². The molecule has 116 valence electrons. The minimum Gasteiger partial charge on any atom is -0.494 e. The van der Waals surface area contributed by atoms with Gasteiger partial charge < -0.3 is 10.1 Å². The number of carbonyl (C=O) groups excluding carboxylic acids is 1. The molecule has 2 rings (SSSR count). The number of ether oxygens (including phenoxy) is 1. The van der Waals surface area contributed by atoms with Crippen LogP contribution in [0, 0.1) is 6.92 Å². The van der Waals surface area contributed by atoms with Gasteiger partial charge in [0.1, 0.15) is 5.75 Å². The van der Waals surface area contributed by atoms with E-state index in [0.717, 1.165) is 25.1 Å². The molecule has 0 aliphatic carbocycles. The molecule has 1 heterocycles. The number of benzene rings is 1. The summed E-state index contributed by atoms with van der Waals surface area (Å²) >= 11 is 6.14. The molecule has 1 N–H and O–H groups in total. The predicted molar refractivity (Wildman–Crippen MR) is 85.3 cm³/mol. The number of likely N-dealkylation sites (N-methyl/N-ethyl adjacent to an activating group) is 1. The lowest BCUT2D eigenvalue weighted by Crippen LogP contribution is -2.40. The van der Waals surface area contributed by atoms with Crippen LogP contribution >= 0.6 is 11.6 Å². The number of methoxy groups -OCH3 is 1. The van der Waals surface area contributed by atoms with Crippen molar-refractivity contribution in [3.8, 4) is 5.75 Å². The molecular formula is C16H23ClN2O2. The summed E-state index contributed by atoms with van der Waals surface area (Å²) in [6, 6.07) is 4.05. The second-order valence-electron chi connectivity index (χ2n) is 5.46. The maximum absolute atomic E-state index is 12.4. The van der Waals surface area contributed by atoms with Gasteiger partial charge in [-0.05, 0) is 50.6 Å². The quantitative estimate of drug-likeness (QED) is 0.909. The fourth-order valence-corrected chi connectivity index (χ4v) is 3.30. The van der Waals surface area contributed by atoms with Crippen LogP contribution in [0.25, 0.3) is 0 Å². The molecule has 0 saturated carbocycles. The molecule has 0 bridgehead atoms. The fraction of sp³-hybridized carbons (Fsp3) is 0.562. The number of aryl methyl sites for hydroxylation is 1. The van der Waals surface area contributed by atoms with E-state index < -0.39 is 0 Å². The van der Waals surface area contributed by atoms with Gasteiger partial charge in [-0.15, -0.1) is 0 Å². The largest absolute Gasteiger partial charge is 0.494 e. The standard InChI is InChI=1S/C16H23ClN2O2/c1-4-19-7-5-6-12(19)10-18-16(20)13-8-11(2)9-14(17)15(13)21-3/h8-9,12H,4-7,10H2,1-3H3,(H,18,20). The summed E-state index contributed by atoms with van der Waals surface area (Å²) in [5.74, 6) is 0.318. The van der Waals surface area contributed by atoms with Gasteiger partial charge in [0, 0.05) is 12.6 Å². The second-order valence-corrected chi connectivity index (χ2v) is 5.87. The van der Waals surface area contributed by atoms with Crippen molar-refractivity contribution in [2.45, 2.75) is 32.7 Å². The number of carbonyl (C=O) groups is 1. The Bertz CT molecular complexity index is 519. The average Bonchev–Trinajstić information content (AvgIpc) is 2.91. The van der Waals surface area contributed by atoms with Gasteiger partial charge in [0.2, 0.25) is 0 Å². The first-order valence-corrected chi connectivity index (χ1v) is 7.81. The number of likely N-dealkylation sites (tertiary alicyclic amines) is 1. The maximum Gasteiger partial charge on any atom is 0.255 e. The van der Waals surface area contributed by atoms with E-state index >= 15 is 0 Å². The molecule has 1 aliphatic heterocycles. The number of amides is 1. The van der Waals surface area contributed by atoms with E-state index in [1.54, 1.807) is 6.07 Å². The number of hydrogen-bond acceptors (Lipinski definition) is 3. The van der Waals surface area contributed by atoms with Crippen molar-refractivity contribution in [1.82, 2.24) is 10.2 Å². The van der Waals surface area contributed by atoms with E-state index in [4.69, 9.17) is 16.3 Å². The molecule has 1 atom stereocenters. The molecule has 1 aliphatic rings. The van der Waals surface area contributed by atoms with Crippen LogP contribution in [-0.2, 0) is 0 Å². The van der Waals surface area contributed by atoms with Gasteiger partial charge in [-0.3, -0.25) is 9.69 Å². The summed E-state index contributed by atoms with van der Waals surface area (Å²) < 4.78 is 5.26. The van der Waals surface area contributed by atoms with Gasteiger partial charge in [-0.25, -0.2) is 0 Å². The molecule has 21 heavy (non-hydrogen) atoms. The number of rotatable bonds is 5. The average molecular weight is 311 g/mol. The molecule has 1 unspecified atom stereocenters. The van der Waals surface area contributed by atoms with Crippen molar-refractivity contribution in [2.75, 3.05) is 26.7 Å². The number of nitrogens with zero attached hydrogens (tertiary/aromatic N) is 1. The Kier molecular flexibility index (Phi) is 5.48. The second kappa shape index (κ2) is 7.14. The third kappa shape index (κ3) is 3.69. The number of halogens is 1. The van der Waals surface area contributed by atoms with Crippen molar-refractivity contribution in [3.05, 3.63) is 28.3 Å². The summed E-state index contributed by atoms with van der Waals surface area (Å²) in [5.41, 5.74) is 1.45. The van der Waals surface area contributed by atoms with Gasteiger partial charge in [-0.1, -0.05) is 18.5 Å². The van der Waals surface area contributed by atoms with Crippen LogP contribution in [0.4, 0.5) is 0 Å². The van der Waals surface area contributed by atoms with Gasteiger partial charge in [0.05, 0.1) is 17.7 Å². The first-order valence-electron chi connectivity index (χ1n) is 7.43. The highest BCUT2D eigenvalue weighted by Crippen LogP contribution is 2.30. The Morgan fingerprint density at radius 1 is 1.52 bits per heavy atom. The Labute approximate surface area is 131 Å². The summed E-state index contributed by atoms with van der Waals surface area (Å²) in [5, 5.41) is 3.49. The first-order chi connectivity index (χ1) is 10.1. The van der Waals surface area contributed by atoms with Crippen molar-refractivity contribution in [3.63, 3.8) is 0 Å². The zero-order chi connectivity index (χ0) is 15.4. The van der Waals surface area contributed by atoms with E-state index in [2.05, 4.69) is 17.1 Å². The number of hydrogen-bond donors (Lipinski definition) is 1. The molecule has 1 saturated heterocycles. The summed E-state index contributed by atoms with van der Waals surface area (Å²) in [6.45, 7) is 6.89. The maximum atomic E-state index is 12.4. The fourth-order valence-electron chi connectivity index (χ4n) is 2.95. The molecule has 4 nitrogen and oxygen atoms in total. The number of nitrogens with one attached hydrogen (secondary N) is 1. The lowest BCUT2D eigenvalue weighted by Gasteiger charge is -2.23. The Morgan fingerprint density at radius 2 is 2.29 bits per heavy atom. The lowest BCUT2D eigenvalue weighted by atomic mass is 10.1. The molecular weight excluding hydrogens is 288 g/mol. The van der Waals surface area contributed by atoms with Gasteiger partial charge >= 0.3 is 0 Å². The van der Waals surface area contributed by atoms with Crippen molar-refractivity contribution in [2.24, 2.45) is 0 Å². The lowest BCUT2D eigenvalue weighted by molar-refractivity contribution is 0.0938. The van der Waals surface area contributed by atoms with Crippen LogP contribution in [0.15, 0.2) is 12.1 Å². The van der Waals surface area contributed by atoms with Crippen LogP contribution in [0.1, 0.15) is 35.7 Å². The van der Waals surface area contributed by atoms with Crippen LogP contribution in [0.2, 0.25) is 5.02 Å². The third-order valence-corrected chi connectivity index (χ3v) is 4.32. The van der Waals surface area contributed by atoms with E-state index in [-0.39, 0.29) is 5.91 Å². The summed E-state index contributed by atoms with van der Waals surface area (Å²) in [6.07, 6.45) is 2.34. The highest BCUT2D eigenvalue weighted by Gasteiger charge is 2.24. The van der Waals surface area contributed by atoms with Gasteiger partial charge in [-0.2, -0.15) is 0 Å². The highest BCUT2D eigenvalue weighted by atomic mass is 35.5. The molecule has 1 aromatic carbocycles. The van der Waals surface area contributed by atoms with Crippen LogP contribution < -0.4 is 10.1 Å². The molecule has 1 aromatic rings. The molecule has 0 spiro atoms. The van der Waals surface area contributed by atoms with Crippen molar-refractivity contribution < 1.29 is 9.53 Å². The minimum absolute atomic E-state index is 0.125. The monoisotopic (exact) mass is 310 g/mol.